The van der Waals surface area contributed by atoms with Crippen LogP contribution < -0.4 is 10.3 Å². The molecule has 26 heavy (non-hydrogen) atoms. The molecule has 0 fully saturated rings. The summed E-state index contributed by atoms with van der Waals surface area (Å²) in [6.45, 7) is 0.272. The van der Waals surface area contributed by atoms with Gasteiger partial charge >= 0.3 is 0 Å². The molecule has 5 nitrogen and oxygen atoms in total. The molecular weight excluding hydrogens is 396 g/mol. The summed E-state index contributed by atoms with van der Waals surface area (Å²) in [5, 5.41) is 0.731. The number of carbonyl (C=O) groups is 1. The van der Waals surface area contributed by atoms with Crippen molar-refractivity contribution >= 4 is 21.7 Å². The van der Waals surface area contributed by atoms with Crippen molar-refractivity contribution in [1.82, 2.24) is 9.55 Å². The summed E-state index contributed by atoms with van der Waals surface area (Å²) in [7, 11) is 0. The maximum atomic E-state index is 12.3. The largest absolute Gasteiger partial charge is 0.473 e. The summed E-state index contributed by atoms with van der Waals surface area (Å²) in [5.41, 5.74) is 2.31. The Kier molecular flexibility index (Phi) is 5.96. The van der Waals surface area contributed by atoms with Gasteiger partial charge in [-0.15, -0.1) is 0 Å². The molecule has 3 aromatic rings. The Morgan fingerprint density at radius 1 is 1.04 bits per heavy atom. The summed E-state index contributed by atoms with van der Waals surface area (Å²) in [6, 6.07) is 18.2. The molecule has 0 bridgehead atoms. The highest BCUT2D eigenvalue weighted by Gasteiger charge is 2.09. The molecule has 0 saturated heterocycles. The van der Waals surface area contributed by atoms with Crippen molar-refractivity contribution in [3.63, 3.8) is 0 Å². The first-order valence-corrected chi connectivity index (χ1v) is 9.19. The normalized spacial score (nSPS) is 10.5. The molecule has 0 unspecified atom stereocenters. The van der Waals surface area contributed by atoms with Crippen LogP contribution >= 0.6 is 15.9 Å². The number of hydrogen-bond acceptors (Lipinski definition) is 4. The number of alkyl halides is 1. The minimum atomic E-state index is -0.325. The van der Waals surface area contributed by atoms with Gasteiger partial charge in [0.25, 0.3) is 5.56 Å². The lowest BCUT2D eigenvalue weighted by atomic mass is 10.1. The molecule has 132 valence electrons. The Morgan fingerprint density at radius 3 is 2.42 bits per heavy atom. The summed E-state index contributed by atoms with van der Waals surface area (Å²) < 4.78 is 6.80. The van der Waals surface area contributed by atoms with E-state index in [9.17, 15) is 9.59 Å². The fourth-order valence-corrected chi connectivity index (χ4v) is 2.74. The number of hydrogen-bond donors (Lipinski definition) is 0. The molecule has 0 aliphatic heterocycles. The molecule has 1 heterocycles. The third kappa shape index (κ3) is 4.67. The van der Waals surface area contributed by atoms with Crippen molar-refractivity contribution < 1.29 is 9.53 Å². The highest BCUT2D eigenvalue weighted by molar-refractivity contribution is 9.08. The Balaban J connectivity index is 1.65. The van der Waals surface area contributed by atoms with E-state index in [1.165, 1.54) is 17.0 Å². The first-order chi connectivity index (χ1) is 12.7. The van der Waals surface area contributed by atoms with E-state index in [1.807, 2.05) is 42.5 Å². The van der Waals surface area contributed by atoms with Crippen molar-refractivity contribution in [3.05, 3.63) is 94.0 Å². The lowest BCUT2D eigenvalue weighted by Gasteiger charge is -2.08. The molecule has 1 aromatic heterocycles. The van der Waals surface area contributed by atoms with Crippen LogP contribution in [0.2, 0.25) is 0 Å². The van der Waals surface area contributed by atoms with Gasteiger partial charge in [-0.25, -0.2) is 4.98 Å². The van der Waals surface area contributed by atoms with Crippen molar-refractivity contribution in [1.29, 1.82) is 0 Å². The first-order valence-electron chi connectivity index (χ1n) is 8.07. The van der Waals surface area contributed by atoms with Crippen LogP contribution in [-0.2, 0) is 18.5 Å². The zero-order valence-corrected chi connectivity index (χ0v) is 15.6. The topological polar surface area (TPSA) is 61.2 Å². The van der Waals surface area contributed by atoms with Gasteiger partial charge in [0, 0.05) is 10.9 Å². The number of rotatable bonds is 7. The minimum absolute atomic E-state index is 0.0571. The van der Waals surface area contributed by atoms with Crippen molar-refractivity contribution in [2.45, 2.75) is 18.5 Å². The number of nitrogens with zero attached hydrogens (tertiary/aromatic N) is 2. The van der Waals surface area contributed by atoms with Gasteiger partial charge in [0.15, 0.2) is 5.78 Å². The van der Waals surface area contributed by atoms with Gasteiger partial charge in [0.1, 0.15) is 12.9 Å². The minimum Gasteiger partial charge on any atom is -0.473 e. The van der Waals surface area contributed by atoms with Gasteiger partial charge in [-0.1, -0.05) is 70.5 Å². The van der Waals surface area contributed by atoms with Crippen molar-refractivity contribution in [2.75, 3.05) is 0 Å². The molecule has 0 amide bonds. The predicted molar refractivity (Wildman–Crippen MR) is 103 cm³/mol. The fourth-order valence-electron chi connectivity index (χ4n) is 2.36. The summed E-state index contributed by atoms with van der Waals surface area (Å²) in [6.07, 6.45) is 1.34. The lowest BCUT2D eigenvalue weighted by molar-refractivity contribution is 0.0970. The van der Waals surface area contributed by atoms with E-state index < -0.39 is 0 Å². The van der Waals surface area contributed by atoms with Crippen LogP contribution in [0.4, 0.5) is 0 Å². The number of ketones is 1. The molecule has 0 N–H and O–H groups in total. The number of Topliss-reactive ketones (excluding diaryl/α,β-unsaturated/α-hetero) is 1. The monoisotopic (exact) mass is 412 g/mol. The molecule has 0 aliphatic rings. The van der Waals surface area contributed by atoms with Gasteiger partial charge in [0.05, 0.1) is 12.6 Å². The SMILES string of the molecule is O=C(Cn1cnc(OCc2ccccc2)cc1=O)c1ccc(CBr)cc1. The highest BCUT2D eigenvalue weighted by atomic mass is 79.9. The van der Waals surface area contributed by atoms with Crippen LogP contribution in [0.15, 0.2) is 71.8 Å². The maximum absolute atomic E-state index is 12.3. The van der Waals surface area contributed by atoms with Gasteiger partial charge in [-0.3, -0.25) is 14.2 Å². The summed E-state index contributed by atoms with van der Waals surface area (Å²) >= 11 is 3.37. The molecule has 6 heteroatoms. The van der Waals surface area contributed by atoms with Crippen molar-refractivity contribution in [3.8, 4) is 5.88 Å². The van der Waals surface area contributed by atoms with E-state index in [2.05, 4.69) is 20.9 Å². The molecule has 0 spiro atoms. The number of halogens is 1. The van der Waals surface area contributed by atoms with Gasteiger partial charge in [0.2, 0.25) is 5.88 Å². The second-order valence-electron chi connectivity index (χ2n) is 5.72. The van der Waals surface area contributed by atoms with Crippen LogP contribution in [0.3, 0.4) is 0 Å². The second-order valence-corrected chi connectivity index (χ2v) is 6.28. The summed E-state index contributed by atoms with van der Waals surface area (Å²) in [5.74, 6) is 0.0946. The molecule has 0 atom stereocenters. The maximum Gasteiger partial charge on any atom is 0.257 e. The van der Waals surface area contributed by atoms with E-state index in [1.54, 1.807) is 12.1 Å². The second kappa shape index (κ2) is 8.58. The van der Waals surface area contributed by atoms with Gasteiger partial charge in [-0.05, 0) is 11.1 Å². The highest BCUT2D eigenvalue weighted by Crippen LogP contribution is 2.10. The number of benzene rings is 2. The Hall–Kier alpha value is -2.73. The number of ether oxygens (including phenoxy) is 1. The molecule has 0 aliphatic carbocycles. The quantitative estimate of drug-likeness (QED) is 0.439. The van der Waals surface area contributed by atoms with E-state index in [4.69, 9.17) is 4.74 Å². The molecule has 3 rings (SSSR count). The zero-order chi connectivity index (χ0) is 18.4. The standard InChI is InChI=1S/C20H17BrN2O3/c21-11-15-6-8-17(9-7-15)18(24)12-23-14-22-19(10-20(23)25)26-13-16-4-2-1-3-5-16/h1-10,14H,11-13H2. The van der Waals surface area contributed by atoms with E-state index >= 15 is 0 Å². The third-order valence-corrected chi connectivity index (χ3v) is 4.48. The Labute approximate surface area is 159 Å². The molecule has 2 aromatic carbocycles. The van der Waals surface area contributed by atoms with E-state index in [-0.39, 0.29) is 23.8 Å². The van der Waals surface area contributed by atoms with Gasteiger partial charge in [-0.2, -0.15) is 0 Å². The number of aromatic nitrogens is 2. The lowest BCUT2D eigenvalue weighted by Crippen LogP contribution is -2.24. The van der Waals surface area contributed by atoms with Crippen LogP contribution in [0.1, 0.15) is 21.5 Å². The zero-order valence-electron chi connectivity index (χ0n) is 14.0. The Morgan fingerprint density at radius 2 is 1.77 bits per heavy atom. The van der Waals surface area contributed by atoms with Crippen molar-refractivity contribution in [2.24, 2.45) is 0 Å². The van der Waals surface area contributed by atoms with Crippen LogP contribution in [0.25, 0.3) is 0 Å². The van der Waals surface area contributed by atoms with Gasteiger partial charge < -0.3 is 4.74 Å². The molecular formula is C20H17BrN2O3. The smallest absolute Gasteiger partial charge is 0.257 e. The van der Waals surface area contributed by atoms with Crippen LogP contribution in [0, 0.1) is 0 Å². The average Bonchev–Trinajstić information content (AvgIpc) is 2.69. The molecule has 0 saturated carbocycles. The van der Waals surface area contributed by atoms with Crippen LogP contribution in [-0.4, -0.2) is 15.3 Å². The number of carbonyl (C=O) groups excluding carboxylic acids is 1. The van der Waals surface area contributed by atoms with E-state index in [0.29, 0.717) is 12.2 Å². The third-order valence-electron chi connectivity index (χ3n) is 3.83. The van der Waals surface area contributed by atoms with E-state index in [0.717, 1.165) is 16.5 Å². The molecule has 0 radical (unpaired) electrons. The Bertz CT molecular complexity index is 937. The summed E-state index contributed by atoms with van der Waals surface area (Å²) in [4.78, 5) is 28.6. The first kappa shape index (κ1) is 18.1. The average molecular weight is 413 g/mol. The van der Waals surface area contributed by atoms with Crippen LogP contribution in [0.5, 0.6) is 5.88 Å². The predicted octanol–water partition coefficient (Wildman–Crippen LogP) is 3.60. The fraction of sp³-hybridized carbons (Fsp3) is 0.150.